The quantitative estimate of drug-likeness (QED) is 0.652. The molecular formula is C17H17NO4S. The lowest BCUT2D eigenvalue weighted by molar-refractivity contribution is 0.104. The molecule has 1 N–H and O–H groups in total. The molecule has 0 amide bonds. The predicted molar refractivity (Wildman–Crippen MR) is 89.0 cm³/mol. The van der Waals surface area contributed by atoms with Crippen LogP contribution in [-0.2, 0) is 10.0 Å². The van der Waals surface area contributed by atoms with Crippen LogP contribution < -0.4 is 9.46 Å². The molecule has 23 heavy (non-hydrogen) atoms. The molecule has 0 spiro atoms. The molecule has 0 saturated heterocycles. The molecule has 0 aliphatic heterocycles. The second kappa shape index (κ2) is 7.21. The number of ketones is 1. The summed E-state index contributed by atoms with van der Waals surface area (Å²) in [5, 5.41) is 0. The average molecular weight is 331 g/mol. The minimum absolute atomic E-state index is 0.121. The largest absolute Gasteiger partial charge is 0.497 e. The standard InChI is InChI=1S/C17H17NO4S/c1-18-23(20,21)16-10-6-14(7-11-16)17(19)12-5-13-3-8-15(22-2)9-4-13/h3-12,18H,1-2H3/b12-5+. The molecule has 0 aliphatic carbocycles. The summed E-state index contributed by atoms with van der Waals surface area (Å²) in [5.41, 5.74) is 1.29. The lowest BCUT2D eigenvalue weighted by Gasteiger charge is -2.03. The van der Waals surface area contributed by atoms with Gasteiger partial charge >= 0.3 is 0 Å². The number of hydrogen-bond acceptors (Lipinski definition) is 4. The molecule has 120 valence electrons. The van der Waals surface area contributed by atoms with Crippen molar-refractivity contribution in [1.82, 2.24) is 4.72 Å². The maximum absolute atomic E-state index is 12.1. The van der Waals surface area contributed by atoms with Gasteiger partial charge in [-0.1, -0.05) is 18.2 Å². The van der Waals surface area contributed by atoms with E-state index in [9.17, 15) is 13.2 Å². The van der Waals surface area contributed by atoms with Crippen LogP contribution in [0.15, 0.2) is 59.5 Å². The number of carbonyl (C=O) groups is 1. The first kappa shape index (κ1) is 16.9. The van der Waals surface area contributed by atoms with E-state index in [-0.39, 0.29) is 10.7 Å². The Morgan fingerprint density at radius 2 is 1.65 bits per heavy atom. The summed E-state index contributed by atoms with van der Waals surface area (Å²) in [4.78, 5) is 12.2. The van der Waals surface area contributed by atoms with Crippen molar-refractivity contribution in [3.63, 3.8) is 0 Å². The molecule has 2 aromatic carbocycles. The van der Waals surface area contributed by atoms with Crippen LogP contribution in [0.2, 0.25) is 0 Å². The monoisotopic (exact) mass is 331 g/mol. The Kier molecular flexibility index (Phi) is 5.31. The highest BCUT2D eigenvalue weighted by atomic mass is 32.2. The van der Waals surface area contributed by atoms with Crippen molar-refractivity contribution >= 4 is 21.9 Å². The Labute approximate surface area is 135 Å². The third-order valence-electron chi connectivity index (χ3n) is 3.26. The lowest BCUT2D eigenvalue weighted by Crippen LogP contribution is -2.18. The van der Waals surface area contributed by atoms with Crippen LogP contribution >= 0.6 is 0 Å². The number of rotatable bonds is 6. The number of allylic oxidation sites excluding steroid dienone is 1. The van der Waals surface area contributed by atoms with E-state index in [0.717, 1.165) is 11.3 Å². The Morgan fingerprint density at radius 1 is 1.04 bits per heavy atom. The molecule has 0 heterocycles. The van der Waals surface area contributed by atoms with Crippen molar-refractivity contribution in [2.24, 2.45) is 0 Å². The van der Waals surface area contributed by atoms with Crippen molar-refractivity contribution in [3.8, 4) is 5.75 Å². The van der Waals surface area contributed by atoms with Gasteiger partial charge in [-0.15, -0.1) is 0 Å². The van der Waals surface area contributed by atoms with Crippen LogP contribution in [0.25, 0.3) is 6.08 Å². The van der Waals surface area contributed by atoms with E-state index in [1.165, 1.54) is 37.4 Å². The smallest absolute Gasteiger partial charge is 0.240 e. The van der Waals surface area contributed by atoms with Crippen molar-refractivity contribution in [2.75, 3.05) is 14.2 Å². The normalized spacial score (nSPS) is 11.6. The number of nitrogens with one attached hydrogen (secondary N) is 1. The Hall–Kier alpha value is -2.44. The fourth-order valence-corrected chi connectivity index (χ4v) is 2.63. The zero-order valence-corrected chi connectivity index (χ0v) is 13.6. The van der Waals surface area contributed by atoms with Gasteiger partial charge in [-0.05, 0) is 55.1 Å². The second-order valence-electron chi connectivity index (χ2n) is 4.70. The highest BCUT2D eigenvalue weighted by molar-refractivity contribution is 7.89. The van der Waals surface area contributed by atoms with Gasteiger partial charge in [-0.25, -0.2) is 13.1 Å². The molecular weight excluding hydrogens is 314 g/mol. The molecule has 0 radical (unpaired) electrons. The van der Waals surface area contributed by atoms with E-state index in [2.05, 4.69) is 4.72 Å². The molecule has 2 rings (SSSR count). The van der Waals surface area contributed by atoms with Crippen molar-refractivity contribution in [3.05, 3.63) is 65.7 Å². The van der Waals surface area contributed by atoms with Gasteiger partial charge in [-0.3, -0.25) is 4.79 Å². The molecule has 0 unspecified atom stereocenters. The van der Waals surface area contributed by atoms with Gasteiger partial charge in [-0.2, -0.15) is 0 Å². The zero-order valence-electron chi connectivity index (χ0n) is 12.8. The number of hydrogen-bond donors (Lipinski definition) is 1. The van der Waals surface area contributed by atoms with E-state index in [0.29, 0.717) is 5.56 Å². The SMILES string of the molecule is CNS(=O)(=O)c1ccc(C(=O)/C=C/c2ccc(OC)cc2)cc1. The lowest BCUT2D eigenvalue weighted by atomic mass is 10.1. The van der Waals surface area contributed by atoms with Gasteiger partial charge in [0.15, 0.2) is 5.78 Å². The van der Waals surface area contributed by atoms with Crippen LogP contribution in [0, 0.1) is 0 Å². The first-order valence-electron chi connectivity index (χ1n) is 6.86. The number of methoxy groups -OCH3 is 1. The van der Waals surface area contributed by atoms with Crippen LogP contribution in [0.5, 0.6) is 5.75 Å². The molecule has 0 aromatic heterocycles. The summed E-state index contributed by atoms with van der Waals surface area (Å²) in [6.45, 7) is 0. The molecule has 0 atom stereocenters. The van der Waals surface area contributed by atoms with Crippen LogP contribution in [0.1, 0.15) is 15.9 Å². The van der Waals surface area contributed by atoms with Crippen LogP contribution in [-0.4, -0.2) is 28.4 Å². The van der Waals surface area contributed by atoms with E-state index in [1.54, 1.807) is 13.2 Å². The Balaban J connectivity index is 2.12. The van der Waals surface area contributed by atoms with E-state index in [4.69, 9.17) is 4.74 Å². The third-order valence-corrected chi connectivity index (χ3v) is 4.69. The van der Waals surface area contributed by atoms with Gasteiger partial charge in [0.2, 0.25) is 10.0 Å². The molecule has 0 saturated carbocycles. The predicted octanol–water partition coefficient (Wildman–Crippen LogP) is 2.50. The average Bonchev–Trinajstić information content (AvgIpc) is 2.60. The third kappa shape index (κ3) is 4.28. The number of sulfonamides is 1. The number of carbonyl (C=O) groups excluding carboxylic acids is 1. The first-order valence-corrected chi connectivity index (χ1v) is 8.34. The number of benzene rings is 2. The summed E-state index contributed by atoms with van der Waals surface area (Å²) < 4.78 is 30.5. The summed E-state index contributed by atoms with van der Waals surface area (Å²) >= 11 is 0. The fraction of sp³-hybridized carbons (Fsp3) is 0.118. The van der Waals surface area contributed by atoms with Gasteiger partial charge < -0.3 is 4.74 Å². The Bertz CT molecular complexity index is 807. The van der Waals surface area contributed by atoms with Gasteiger partial charge in [0.05, 0.1) is 12.0 Å². The highest BCUT2D eigenvalue weighted by Crippen LogP contribution is 2.14. The highest BCUT2D eigenvalue weighted by Gasteiger charge is 2.11. The maximum atomic E-state index is 12.1. The van der Waals surface area contributed by atoms with Gasteiger partial charge in [0, 0.05) is 5.56 Å². The fourth-order valence-electron chi connectivity index (χ4n) is 1.90. The molecule has 6 heteroatoms. The van der Waals surface area contributed by atoms with Gasteiger partial charge in [0.25, 0.3) is 0 Å². The molecule has 2 aromatic rings. The van der Waals surface area contributed by atoms with Crippen molar-refractivity contribution in [1.29, 1.82) is 0 Å². The first-order chi connectivity index (χ1) is 11.0. The van der Waals surface area contributed by atoms with E-state index >= 15 is 0 Å². The minimum atomic E-state index is -3.49. The zero-order chi connectivity index (χ0) is 16.9. The number of ether oxygens (including phenoxy) is 1. The Morgan fingerprint density at radius 3 is 2.17 bits per heavy atom. The van der Waals surface area contributed by atoms with Crippen molar-refractivity contribution in [2.45, 2.75) is 4.90 Å². The summed E-state index contributed by atoms with van der Waals surface area (Å²) in [6, 6.07) is 13.1. The minimum Gasteiger partial charge on any atom is -0.497 e. The van der Waals surface area contributed by atoms with Crippen LogP contribution in [0.4, 0.5) is 0 Å². The molecule has 0 fully saturated rings. The molecule has 0 bridgehead atoms. The summed E-state index contributed by atoms with van der Waals surface area (Å²) in [5.74, 6) is 0.545. The topological polar surface area (TPSA) is 72.5 Å². The van der Waals surface area contributed by atoms with Gasteiger partial charge in [0.1, 0.15) is 5.75 Å². The maximum Gasteiger partial charge on any atom is 0.240 e. The summed E-state index contributed by atoms with van der Waals surface area (Å²) in [6.07, 6.45) is 3.14. The van der Waals surface area contributed by atoms with E-state index in [1.807, 2.05) is 24.3 Å². The van der Waals surface area contributed by atoms with Crippen LogP contribution in [0.3, 0.4) is 0 Å². The molecule has 0 aliphatic rings. The van der Waals surface area contributed by atoms with Crippen molar-refractivity contribution < 1.29 is 17.9 Å². The molecule has 5 nitrogen and oxygen atoms in total. The second-order valence-corrected chi connectivity index (χ2v) is 6.59. The van der Waals surface area contributed by atoms with E-state index < -0.39 is 10.0 Å². The summed E-state index contributed by atoms with van der Waals surface area (Å²) in [7, 11) is -0.565.